The lowest BCUT2D eigenvalue weighted by Gasteiger charge is -2.10. The van der Waals surface area contributed by atoms with Crippen molar-refractivity contribution in [3.05, 3.63) is 70.8 Å². The van der Waals surface area contributed by atoms with E-state index in [4.69, 9.17) is 28.6 Å². The number of carbonyl (C=O) groups is 2. The number of thiocarbonyl (C=S) groups is 1. The van der Waals surface area contributed by atoms with Crippen molar-refractivity contribution in [3.63, 3.8) is 0 Å². The number of ether oxygens (including phenoxy) is 1. The minimum absolute atomic E-state index is 0.0447. The Morgan fingerprint density at radius 1 is 1.11 bits per heavy atom. The van der Waals surface area contributed by atoms with E-state index in [1.807, 2.05) is 31.2 Å². The van der Waals surface area contributed by atoms with Gasteiger partial charge in [0, 0.05) is 6.08 Å². The molecule has 27 heavy (non-hydrogen) atoms. The topological polar surface area (TPSA) is 79.5 Å². The molecule has 0 aliphatic rings. The van der Waals surface area contributed by atoms with Crippen LogP contribution in [0.1, 0.15) is 22.8 Å². The fourth-order valence-electron chi connectivity index (χ4n) is 2.02. The van der Waals surface area contributed by atoms with E-state index in [1.165, 1.54) is 6.08 Å². The van der Waals surface area contributed by atoms with Crippen molar-refractivity contribution in [1.82, 2.24) is 16.2 Å². The van der Waals surface area contributed by atoms with E-state index in [0.717, 1.165) is 11.3 Å². The van der Waals surface area contributed by atoms with Crippen molar-refractivity contribution in [2.45, 2.75) is 6.92 Å². The fourth-order valence-corrected chi connectivity index (χ4v) is 2.40. The Bertz CT molecular complexity index is 854. The van der Waals surface area contributed by atoms with Crippen molar-refractivity contribution in [2.24, 2.45) is 0 Å². The summed E-state index contributed by atoms with van der Waals surface area (Å²) in [5, 5.41) is 2.69. The second kappa shape index (κ2) is 10.3. The molecule has 2 aromatic carbocycles. The highest BCUT2D eigenvalue weighted by atomic mass is 35.5. The van der Waals surface area contributed by atoms with E-state index in [9.17, 15) is 9.59 Å². The molecule has 2 amide bonds. The molecule has 0 unspecified atom stereocenters. The summed E-state index contributed by atoms with van der Waals surface area (Å²) in [6.45, 7) is 2.50. The first-order chi connectivity index (χ1) is 13.0. The largest absolute Gasteiger partial charge is 0.494 e. The van der Waals surface area contributed by atoms with Crippen LogP contribution in [0.5, 0.6) is 5.75 Å². The van der Waals surface area contributed by atoms with Crippen molar-refractivity contribution >= 4 is 46.8 Å². The summed E-state index contributed by atoms with van der Waals surface area (Å²) in [6, 6.07) is 13.9. The van der Waals surface area contributed by atoms with Crippen LogP contribution >= 0.6 is 23.8 Å². The number of hydrazine groups is 1. The van der Waals surface area contributed by atoms with Gasteiger partial charge in [0.25, 0.3) is 5.91 Å². The molecule has 0 aliphatic carbocycles. The van der Waals surface area contributed by atoms with Crippen LogP contribution in [0.25, 0.3) is 6.08 Å². The number of benzene rings is 2. The second-order valence-electron chi connectivity index (χ2n) is 5.21. The normalized spacial score (nSPS) is 10.3. The summed E-state index contributed by atoms with van der Waals surface area (Å²) in [5.74, 6) is -0.144. The molecule has 0 spiro atoms. The first-order valence-corrected chi connectivity index (χ1v) is 8.85. The lowest BCUT2D eigenvalue weighted by molar-refractivity contribution is -0.115. The third-order valence-electron chi connectivity index (χ3n) is 3.26. The summed E-state index contributed by atoms with van der Waals surface area (Å²) in [5.41, 5.74) is 5.94. The van der Waals surface area contributed by atoms with Gasteiger partial charge in [0.2, 0.25) is 5.91 Å². The lowest BCUT2D eigenvalue weighted by atomic mass is 10.2. The maximum absolute atomic E-state index is 12.0. The van der Waals surface area contributed by atoms with Crippen LogP contribution in [0, 0.1) is 0 Å². The monoisotopic (exact) mass is 403 g/mol. The molecule has 0 fully saturated rings. The van der Waals surface area contributed by atoms with E-state index in [-0.39, 0.29) is 10.7 Å². The van der Waals surface area contributed by atoms with Gasteiger partial charge in [-0.2, -0.15) is 0 Å². The first-order valence-electron chi connectivity index (χ1n) is 8.06. The molecular formula is C19H18ClN3O3S. The van der Waals surface area contributed by atoms with Gasteiger partial charge in [-0.15, -0.1) is 0 Å². The van der Waals surface area contributed by atoms with Crippen LogP contribution < -0.4 is 20.9 Å². The van der Waals surface area contributed by atoms with Gasteiger partial charge >= 0.3 is 0 Å². The maximum atomic E-state index is 12.0. The number of halogens is 1. The molecule has 2 rings (SSSR count). The SMILES string of the molecule is CCOc1ccc(/C=C/C(=O)NC(=S)NNC(=O)c2ccccc2Cl)cc1. The highest BCUT2D eigenvalue weighted by Crippen LogP contribution is 2.14. The molecule has 0 atom stereocenters. The average molecular weight is 404 g/mol. The minimum Gasteiger partial charge on any atom is -0.494 e. The molecule has 0 heterocycles. The van der Waals surface area contributed by atoms with Crippen LogP contribution in [0.2, 0.25) is 5.02 Å². The quantitative estimate of drug-likeness (QED) is 0.406. The molecule has 6 nitrogen and oxygen atoms in total. The smallest absolute Gasteiger partial charge is 0.271 e. The van der Waals surface area contributed by atoms with Crippen LogP contribution in [-0.4, -0.2) is 23.5 Å². The highest BCUT2D eigenvalue weighted by molar-refractivity contribution is 7.80. The van der Waals surface area contributed by atoms with Gasteiger partial charge in [-0.1, -0.05) is 35.9 Å². The minimum atomic E-state index is -0.470. The van der Waals surface area contributed by atoms with E-state index < -0.39 is 11.8 Å². The molecule has 140 valence electrons. The Morgan fingerprint density at radius 2 is 1.81 bits per heavy atom. The summed E-state index contributed by atoms with van der Waals surface area (Å²) in [6.07, 6.45) is 2.97. The molecule has 0 aliphatic heterocycles. The van der Waals surface area contributed by atoms with Gasteiger partial charge in [0.15, 0.2) is 5.11 Å². The summed E-state index contributed by atoms with van der Waals surface area (Å²) < 4.78 is 5.35. The molecule has 0 saturated carbocycles. The van der Waals surface area contributed by atoms with Crippen molar-refractivity contribution in [1.29, 1.82) is 0 Å². The van der Waals surface area contributed by atoms with Gasteiger partial charge in [-0.25, -0.2) is 0 Å². The first kappa shape index (κ1) is 20.4. The van der Waals surface area contributed by atoms with Gasteiger partial charge in [0.1, 0.15) is 5.75 Å². The van der Waals surface area contributed by atoms with Crippen LogP contribution in [0.3, 0.4) is 0 Å². The molecule has 0 radical (unpaired) electrons. The number of amides is 2. The predicted octanol–water partition coefficient (Wildman–Crippen LogP) is 3.09. The number of carbonyl (C=O) groups excluding carboxylic acids is 2. The second-order valence-corrected chi connectivity index (χ2v) is 6.03. The molecule has 0 aromatic heterocycles. The zero-order chi connectivity index (χ0) is 19.6. The fraction of sp³-hybridized carbons (Fsp3) is 0.105. The van der Waals surface area contributed by atoms with Gasteiger partial charge < -0.3 is 4.74 Å². The van der Waals surface area contributed by atoms with Crippen LogP contribution in [-0.2, 0) is 4.79 Å². The van der Waals surface area contributed by atoms with Crippen molar-refractivity contribution in [2.75, 3.05) is 6.61 Å². The standard InChI is InChI=1S/C19H18ClN3O3S/c1-2-26-14-10-7-13(8-11-14)9-12-17(24)21-19(27)23-22-18(25)15-5-3-4-6-16(15)20/h3-12H,2H2,1H3,(H,22,25)(H2,21,23,24,27)/b12-9+. The number of rotatable bonds is 5. The molecule has 8 heteroatoms. The van der Waals surface area contributed by atoms with E-state index >= 15 is 0 Å². The van der Waals surface area contributed by atoms with Gasteiger partial charge in [0.05, 0.1) is 17.2 Å². The Balaban J connectivity index is 1.80. The Labute approximate surface area is 167 Å². The third-order valence-corrected chi connectivity index (χ3v) is 3.80. The zero-order valence-corrected chi connectivity index (χ0v) is 16.1. The third kappa shape index (κ3) is 6.73. The highest BCUT2D eigenvalue weighted by Gasteiger charge is 2.09. The average Bonchev–Trinajstić information content (AvgIpc) is 2.66. The number of hydrogen-bond donors (Lipinski definition) is 3. The van der Waals surface area contributed by atoms with Gasteiger partial charge in [-0.05, 0) is 55.0 Å². The predicted molar refractivity (Wildman–Crippen MR) is 109 cm³/mol. The Kier molecular flexibility index (Phi) is 7.79. The molecular weight excluding hydrogens is 386 g/mol. The Hall–Kier alpha value is -2.90. The molecule has 0 bridgehead atoms. The molecule has 0 saturated heterocycles. The summed E-state index contributed by atoms with van der Waals surface area (Å²) >= 11 is 10.9. The van der Waals surface area contributed by atoms with Crippen LogP contribution in [0.15, 0.2) is 54.6 Å². The molecule has 3 N–H and O–H groups in total. The lowest BCUT2D eigenvalue weighted by Crippen LogP contribution is -2.48. The Morgan fingerprint density at radius 3 is 2.48 bits per heavy atom. The van der Waals surface area contributed by atoms with E-state index in [1.54, 1.807) is 30.3 Å². The summed E-state index contributed by atoms with van der Waals surface area (Å²) in [4.78, 5) is 23.9. The van der Waals surface area contributed by atoms with Crippen molar-refractivity contribution in [3.8, 4) is 5.75 Å². The van der Waals surface area contributed by atoms with E-state index in [0.29, 0.717) is 11.6 Å². The summed E-state index contributed by atoms with van der Waals surface area (Å²) in [7, 11) is 0. The van der Waals surface area contributed by atoms with Crippen molar-refractivity contribution < 1.29 is 14.3 Å². The van der Waals surface area contributed by atoms with Crippen LogP contribution in [0.4, 0.5) is 0 Å². The molecule has 2 aromatic rings. The van der Waals surface area contributed by atoms with Gasteiger partial charge in [-0.3, -0.25) is 25.8 Å². The zero-order valence-electron chi connectivity index (χ0n) is 14.5. The number of hydrogen-bond acceptors (Lipinski definition) is 4. The number of nitrogens with one attached hydrogen (secondary N) is 3. The maximum Gasteiger partial charge on any atom is 0.271 e. The van der Waals surface area contributed by atoms with E-state index in [2.05, 4.69) is 16.2 Å².